The van der Waals surface area contributed by atoms with Gasteiger partial charge in [-0.15, -0.1) is 0 Å². The lowest BCUT2D eigenvalue weighted by molar-refractivity contribution is -0.161. The molecular formula is C27H46N2O. The predicted octanol–water partition coefficient (Wildman–Crippen LogP) is 5.30. The van der Waals surface area contributed by atoms with Crippen molar-refractivity contribution in [2.75, 3.05) is 20.8 Å². The van der Waals surface area contributed by atoms with E-state index in [-0.39, 0.29) is 0 Å². The van der Waals surface area contributed by atoms with E-state index in [4.69, 9.17) is 4.74 Å². The van der Waals surface area contributed by atoms with Crippen LogP contribution in [0.3, 0.4) is 0 Å². The number of hydrogen-bond donors (Lipinski definition) is 1. The summed E-state index contributed by atoms with van der Waals surface area (Å²) in [6, 6.07) is 1.35. The van der Waals surface area contributed by atoms with Gasteiger partial charge in [-0.2, -0.15) is 0 Å². The van der Waals surface area contributed by atoms with Gasteiger partial charge in [-0.1, -0.05) is 27.7 Å². The van der Waals surface area contributed by atoms with Crippen LogP contribution in [0.1, 0.15) is 86.0 Å². The third kappa shape index (κ3) is 2.02. The van der Waals surface area contributed by atoms with Crippen LogP contribution < -0.4 is 5.32 Å². The second-order valence-electron chi connectivity index (χ2n) is 13.8. The molecule has 5 saturated carbocycles. The summed E-state index contributed by atoms with van der Waals surface area (Å²) in [5.74, 6) is 2.56. The first-order valence-electron chi connectivity index (χ1n) is 13.1. The smallest absolute Gasteiger partial charge is 0.0994 e. The maximum Gasteiger partial charge on any atom is 0.0994 e. The zero-order valence-corrected chi connectivity index (χ0v) is 20.7. The van der Waals surface area contributed by atoms with Crippen LogP contribution in [0, 0.1) is 44.8 Å². The van der Waals surface area contributed by atoms with Gasteiger partial charge >= 0.3 is 0 Å². The summed E-state index contributed by atoms with van der Waals surface area (Å²) in [4.78, 5) is 2.47. The number of nitrogens with one attached hydrogen (secondary N) is 1. The molecule has 5 aliphatic carbocycles. The summed E-state index contributed by atoms with van der Waals surface area (Å²) >= 11 is 0. The minimum atomic E-state index is 0.438. The summed E-state index contributed by atoms with van der Waals surface area (Å²) in [7, 11) is 4.47. The molecule has 0 unspecified atom stereocenters. The third-order valence-corrected chi connectivity index (χ3v) is 13.2. The standard InChI is InChI=1S/C27H46N2O/c1-17-22-18(30-16-29(17)7)14-25(5)20-9-8-19-23(2,3)21(28-6)10-11-26(19)15-27(20,26)13-12-24(22,25)4/h17-22,28H,8-16H2,1-7H3/t17-,18+,19-,20-,21-,22-,24+,25-,26+,27-/m0/s1. The van der Waals surface area contributed by atoms with Gasteiger partial charge in [-0.05, 0) is 111 Å². The maximum absolute atomic E-state index is 6.52. The molecule has 30 heavy (non-hydrogen) atoms. The molecule has 0 bridgehead atoms. The molecule has 0 amide bonds. The van der Waals surface area contributed by atoms with Gasteiger partial charge in [0.1, 0.15) is 0 Å². The van der Waals surface area contributed by atoms with Crippen molar-refractivity contribution in [3.8, 4) is 0 Å². The molecule has 10 atom stereocenters. The molecule has 1 saturated heterocycles. The Balaban J connectivity index is 1.38. The van der Waals surface area contributed by atoms with Crippen molar-refractivity contribution in [1.82, 2.24) is 10.2 Å². The number of nitrogens with zero attached hydrogens (tertiary/aromatic N) is 1. The Morgan fingerprint density at radius 3 is 2.33 bits per heavy atom. The van der Waals surface area contributed by atoms with E-state index in [1.165, 1.54) is 44.9 Å². The largest absolute Gasteiger partial charge is 0.362 e. The zero-order chi connectivity index (χ0) is 21.3. The molecule has 2 spiro atoms. The van der Waals surface area contributed by atoms with Crippen LogP contribution in [0.25, 0.3) is 0 Å². The molecule has 1 N–H and O–H groups in total. The van der Waals surface area contributed by atoms with E-state index in [1.54, 1.807) is 6.42 Å². The third-order valence-electron chi connectivity index (χ3n) is 13.2. The fourth-order valence-corrected chi connectivity index (χ4v) is 11.6. The Hall–Kier alpha value is -0.120. The van der Waals surface area contributed by atoms with Crippen LogP contribution >= 0.6 is 0 Å². The molecule has 6 fully saturated rings. The Kier molecular flexibility index (Phi) is 4.00. The van der Waals surface area contributed by atoms with Crippen LogP contribution in [0.15, 0.2) is 0 Å². The second kappa shape index (κ2) is 5.86. The Morgan fingerprint density at radius 1 is 0.900 bits per heavy atom. The Bertz CT molecular complexity index is 751. The number of fused-ring (bicyclic) bond motifs is 4. The van der Waals surface area contributed by atoms with E-state index in [1.807, 2.05) is 0 Å². The maximum atomic E-state index is 6.52. The van der Waals surface area contributed by atoms with Crippen molar-refractivity contribution >= 4 is 0 Å². The molecule has 170 valence electrons. The van der Waals surface area contributed by atoms with Crippen LogP contribution in [0.4, 0.5) is 0 Å². The lowest BCUT2D eigenvalue weighted by Gasteiger charge is -2.63. The normalized spacial score (nSPS) is 61.3. The average molecular weight is 415 g/mol. The van der Waals surface area contributed by atoms with Gasteiger partial charge in [-0.25, -0.2) is 0 Å². The van der Waals surface area contributed by atoms with Crippen LogP contribution in [-0.4, -0.2) is 43.9 Å². The van der Waals surface area contributed by atoms with E-state index < -0.39 is 0 Å². The summed E-state index contributed by atoms with van der Waals surface area (Å²) < 4.78 is 6.52. The minimum Gasteiger partial charge on any atom is -0.362 e. The molecule has 6 rings (SSSR count). The molecule has 0 aromatic rings. The Morgan fingerprint density at radius 2 is 1.60 bits per heavy atom. The lowest BCUT2D eigenvalue weighted by Crippen LogP contribution is -2.60. The highest BCUT2D eigenvalue weighted by Gasteiger charge is 2.83. The Labute approximate surface area is 185 Å². The summed E-state index contributed by atoms with van der Waals surface area (Å²) in [6.07, 6.45) is 12.1. The number of rotatable bonds is 1. The van der Waals surface area contributed by atoms with Gasteiger partial charge in [0, 0.05) is 18.0 Å². The van der Waals surface area contributed by atoms with Gasteiger partial charge in [0.05, 0.1) is 12.8 Å². The monoisotopic (exact) mass is 414 g/mol. The van der Waals surface area contributed by atoms with E-state index >= 15 is 0 Å². The fourth-order valence-electron chi connectivity index (χ4n) is 11.6. The molecule has 6 aliphatic rings. The van der Waals surface area contributed by atoms with Gasteiger partial charge in [0.25, 0.3) is 0 Å². The van der Waals surface area contributed by atoms with Crippen molar-refractivity contribution in [2.45, 2.75) is 104 Å². The fraction of sp³-hybridized carbons (Fsp3) is 1.00. The quantitative estimate of drug-likeness (QED) is 0.630. The average Bonchev–Trinajstić information content (AvgIpc) is 3.28. The van der Waals surface area contributed by atoms with Crippen LogP contribution in [0.5, 0.6) is 0 Å². The predicted molar refractivity (Wildman–Crippen MR) is 122 cm³/mol. The number of hydrogen-bond acceptors (Lipinski definition) is 3. The molecule has 1 aliphatic heterocycles. The van der Waals surface area contributed by atoms with E-state index in [2.05, 4.69) is 58.9 Å². The molecule has 3 nitrogen and oxygen atoms in total. The molecular weight excluding hydrogens is 368 g/mol. The van der Waals surface area contributed by atoms with E-state index in [0.29, 0.717) is 51.2 Å². The first-order chi connectivity index (χ1) is 14.1. The van der Waals surface area contributed by atoms with Crippen LogP contribution in [-0.2, 0) is 4.74 Å². The van der Waals surface area contributed by atoms with Crippen molar-refractivity contribution in [3.63, 3.8) is 0 Å². The summed E-state index contributed by atoms with van der Waals surface area (Å²) in [5, 5.41) is 3.70. The molecule has 3 heteroatoms. The van der Waals surface area contributed by atoms with Crippen molar-refractivity contribution in [2.24, 2.45) is 44.8 Å². The highest BCUT2D eigenvalue weighted by molar-refractivity contribution is 5.31. The molecule has 0 radical (unpaired) electrons. The summed E-state index contributed by atoms with van der Waals surface area (Å²) in [6.45, 7) is 13.9. The topological polar surface area (TPSA) is 24.5 Å². The molecule has 0 aromatic heterocycles. The highest BCUT2D eigenvalue weighted by Crippen LogP contribution is 2.89. The van der Waals surface area contributed by atoms with Crippen molar-refractivity contribution < 1.29 is 4.74 Å². The SMILES string of the molecule is CN[C@H]1CC[C@]23C[C@]24CC[C@]2(C)[C@@H]5[C@@H](C[C@@]2(C)[C@@H]4CC[C@H]3C1(C)C)OCN(C)[C@H]5C. The van der Waals surface area contributed by atoms with Gasteiger partial charge < -0.3 is 10.1 Å². The highest BCUT2D eigenvalue weighted by atomic mass is 16.5. The second-order valence-corrected chi connectivity index (χ2v) is 13.8. The summed E-state index contributed by atoms with van der Waals surface area (Å²) in [5.41, 5.74) is 2.65. The molecule has 1 heterocycles. The van der Waals surface area contributed by atoms with Crippen LogP contribution in [0.2, 0.25) is 0 Å². The van der Waals surface area contributed by atoms with E-state index in [0.717, 1.165) is 18.6 Å². The van der Waals surface area contributed by atoms with Gasteiger partial charge in [-0.3, -0.25) is 4.90 Å². The van der Waals surface area contributed by atoms with Crippen molar-refractivity contribution in [1.29, 1.82) is 0 Å². The number of ether oxygens (including phenoxy) is 1. The van der Waals surface area contributed by atoms with Gasteiger partial charge in [0.15, 0.2) is 0 Å². The minimum absolute atomic E-state index is 0.438. The molecule has 0 aromatic carbocycles. The zero-order valence-electron chi connectivity index (χ0n) is 20.7. The van der Waals surface area contributed by atoms with E-state index in [9.17, 15) is 0 Å². The lowest BCUT2D eigenvalue weighted by atomic mass is 9.42. The van der Waals surface area contributed by atoms with Gasteiger partial charge in [0.2, 0.25) is 0 Å². The first kappa shape index (κ1) is 20.5. The first-order valence-corrected chi connectivity index (χ1v) is 13.1. The van der Waals surface area contributed by atoms with Crippen molar-refractivity contribution in [3.05, 3.63) is 0 Å².